The van der Waals surface area contributed by atoms with E-state index in [1.54, 1.807) is 6.92 Å². The van der Waals surface area contributed by atoms with Gasteiger partial charge in [-0.05, 0) is 19.8 Å². The molecule has 2 N–H and O–H groups in total. The van der Waals surface area contributed by atoms with E-state index in [1.807, 2.05) is 0 Å². The van der Waals surface area contributed by atoms with E-state index in [0.29, 0.717) is 12.8 Å². The highest BCUT2D eigenvalue weighted by Gasteiger charge is 2.05. The normalized spacial score (nSPS) is 15.7. The fraction of sp³-hybridized carbons (Fsp3) is 0.667. The Kier molecular flexibility index (Phi) is 6.18. The smallest absolute Gasteiger partial charge is 0.330 e. The summed E-state index contributed by atoms with van der Waals surface area (Å²) in [6, 6.07) is 0. The first-order chi connectivity index (χ1) is 6.06. The molecular formula is C9H16O4. The highest BCUT2D eigenvalue weighted by molar-refractivity contribution is 5.81. The number of hydrogen-bond acceptors (Lipinski definition) is 4. The Hall–Kier alpha value is -0.870. The summed E-state index contributed by atoms with van der Waals surface area (Å²) in [5.41, 5.74) is 0. The van der Waals surface area contributed by atoms with Crippen molar-refractivity contribution in [1.29, 1.82) is 0 Å². The van der Waals surface area contributed by atoms with E-state index < -0.39 is 18.2 Å². The van der Waals surface area contributed by atoms with Gasteiger partial charge in [0.05, 0.1) is 19.3 Å². The maximum atomic E-state index is 10.6. The standard InChI is InChI=1S/C9H16O4/c1-7(10)6-8(11)4-3-5-9(12)13-2/h3,5,7-8,10-11H,4,6H2,1-2H3/b5-3-. The molecule has 0 amide bonds. The van der Waals surface area contributed by atoms with Crippen LogP contribution in [0.15, 0.2) is 12.2 Å². The molecule has 0 saturated carbocycles. The predicted octanol–water partition coefficient (Wildman–Crippen LogP) is 0.237. The first-order valence-electron chi connectivity index (χ1n) is 4.17. The number of carbonyl (C=O) groups excluding carboxylic acids is 1. The predicted molar refractivity (Wildman–Crippen MR) is 48.1 cm³/mol. The molecule has 0 bridgehead atoms. The van der Waals surface area contributed by atoms with E-state index in [-0.39, 0.29) is 0 Å². The summed E-state index contributed by atoms with van der Waals surface area (Å²) in [5.74, 6) is -0.441. The Morgan fingerprint density at radius 2 is 2.15 bits per heavy atom. The summed E-state index contributed by atoms with van der Waals surface area (Å²) < 4.78 is 4.36. The molecule has 2 atom stereocenters. The monoisotopic (exact) mass is 188 g/mol. The minimum atomic E-state index is -0.610. The maximum absolute atomic E-state index is 10.6. The molecule has 2 unspecified atom stereocenters. The molecule has 0 aromatic heterocycles. The topological polar surface area (TPSA) is 66.8 Å². The first kappa shape index (κ1) is 12.1. The lowest BCUT2D eigenvalue weighted by molar-refractivity contribution is -0.134. The second-order valence-corrected chi connectivity index (χ2v) is 2.90. The van der Waals surface area contributed by atoms with Gasteiger partial charge in [-0.15, -0.1) is 0 Å². The van der Waals surface area contributed by atoms with Gasteiger partial charge < -0.3 is 14.9 Å². The van der Waals surface area contributed by atoms with Crippen molar-refractivity contribution in [2.24, 2.45) is 0 Å². The number of aliphatic hydroxyl groups is 2. The van der Waals surface area contributed by atoms with Crippen molar-refractivity contribution in [3.63, 3.8) is 0 Å². The summed E-state index contributed by atoms with van der Waals surface area (Å²) in [4.78, 5) is 10.6. The summed E-state index contributed by atoms with van der Waals surface area (Å²) >= 11 is 0. The minimum absolute atomic E-state index is 0.311. The van der Waals surface area contributed by atoms with Gasteiger partial charge in [0, 0.05) is 6.08 Å². The molecule has 0 aliphatic carbocycles. The number of methoxy groups -OCH3 is 1. The molecule has 0 spiro atoms. The van der Waals surface area contributed by atoms with Crippen LogP contribution in [0.3, 0.4) is 0 Å². The van der Waals surface area contributed by atoms with E-state index in [1.165, 1.54) is 19.3 Å². The molecule has 0 saturated heterocycles. The molecule has 0 aromatic carbocycles. The molecule has 0 fully saturated rings. The second-order valence-electron chi connectivity index (χ2n) is 2.90. The summed E-state index contributed by atoms with van der Waals surface area (Å²) in [7, 11) is 1.29. The quantitative estimate of drug-likeness (QED) is 0.479. The van der Waals surface area contributed by atoms with Gasteiger partial charge >= 0.3 is 5.97 Å². The third-order valence-corrected chi connectivity index (χ3v) is 1.48. The van der Waals surface area contributed by atoms with Crippen molar-refractivity contribution in [2.45, 2.75) is 32.0 Å². The zero-order chi connectivity index (χ0) is 10.3. The number of hydrogen-bond donors (Lipinski definition) is 2. The van der Waals surface area contributed by atoms with Crippen LogP contribution in [0.25, 0.3) is 0 Å². The van der Waals surface area contributed by atoms with Crippen molar-refractivity contribution in [1.82, 2.24) is 0 Å². The molecule has 0 aromatic rings. The molecule has 4 heteroatoms. The van der Waals surface area contributed by atoms with Crippen molar-refractivity contribution < 1.29 is 19.7 Å². The Morgan fingerprint density at radius 1 is 1.54 bits per heavy atom. The Morgan fingerprint density at radius 3 is 2.62 bits per heavy atom. The zero-order valence-electron chi connectivity index (χ0n) is 7.93. The number of rotatable bonds is 5. The van der Waals surface area contributed by atoms with Crippen molar-refractivity contribution in [3.05, 3.63) is 12.2 Å². The van der Waals surface area contributed by atoms with E-state index in [2.05, 4.69) is 4.74 Å². The lowest BCUT2D eigenvalue weighted by Gasteiger charge is -2.09. The molecule has 0 heterocycles. The summed E-state index contributed by atoms with van der Waals surface area (Å²) in [6.07, 6.45) is 2.30. The fourth-order valence-corrected chi connectivity index (χ4v) is 0.879. The molecular weight excluding hydrogens is 172 g/mol. The van der Waals surface area contributed by atoms with Crippen LogP contribution in [0.5, 0.6) is 0 Å². The van der Waals surface area contributed by atoms with Crippen LogP contribution in [0.2, 0.25) is 0 Å². The van der Waals surface area contributed by atoms with Gasteiger partial charge in [-0.25, -0.2) is 4.79 Å². The lowest BCUT2D eigenvalue weighted by Crippen LogP contribution is -2.13. The fourth-order valence-electron chi connectivity index (χ4n) is 0.879. The van der Waals surface area contributed by atoms with Crippen LogP contribution in [-0.2, 0) is 9.53 Å². The number of aliphatic hydroxyl groups excluding tert-OH is 2. The largest absolute Gasteiger partial charge is 0.466 e. The molecule has 0 aliphatic rings. The van der Waals surface area contributed by atoms with Crippen LogP contribution >= 0.6 is 0 Å². The minimum Gasteiger partial charge on any atom is -0.466 e. The van der Waals surface area contributed by atoms with Crippen LogP contribution in [0.4, 0.5) is 0 Å². The van der Waals surface area contributed by atoms with E-state index in [4.69, 9.17) is 5.11 Å². The Bertz CT molecular complexity index is 174. The molecule has 0 aliphatic heterocycles. The summed E-state index contributed by atoms with van der Waals surface area (Å²) in [6.45, 7) is 1.60. The third kappa shape index (κ3) is 7.49. The SMILES string of the molecule is COC(=O)/C=C\CC(O)CC(C)O. The van der Waals surface area contributed by atoms with E-state index in [0.717, 1.165) is 0 Å². The van der Waals surface area contributed by atoms with Gasteiger partial charge in [0.25, 0.3) is 0 Å². The lowest BCUT2D eigenvalue weighted by atomic mass is 10.1. The Labute approximate surface area is 77.8 Å². The molecule has 4 nitrogen and oxygen atoms in total. The van der Waals surface area contributed by atoms with Crippen molar-refractivity contribution in [2.75, 3.05) is 7.11 Å². The van der Waals surface area contributed by atoms with Crippen LogP contribution in [-0.4, -0.2) is 35.5 Å². The van der Waals surface area contributed by atoms with Gasteiger partial charge in [0.2, 0.25) is 0 Å². The zero-order valence-corrected chi connectivity index (χ0v) is 7.93. The summed E-state index contributed by atoms with van der Waals surface area (Å²) in [5, 5.41) is 18.1. The van der Waals surface area contributed by atoms with Gasteiger partial charge in [0.15, 0.2) is 0 Å². The number of carbonyl (C=O) groups is 1. The Balaban J connectivity index is 3.62. The van der Waals surface area contributed by atoms with Crippen molar-refractivity contribution in [3.8, 4) is 0 Å². The van der Waals surface area contributed by atoms with Crippen LogP contribution in [0, 0.1) is 0 Å². The second kappa shape index (κ2) is 6.62. The van der Waals surface area contributed by atoms with E-state index >= 15 is 0 Å². The van der Waals surface area contributed by atoms with Gasteiger partial charge in [-0.3, -0.25) is 0 Å². The van der Waals surface area contributed by atoms with E-state index in [9.17, 15) is 9.90 Å². The van der Waals surface area contributed by atoms with Crippen molar-refractivity contribution >= 4 is 5.97 Å². The molecule has 13 heavy (non-hydrogen) atoms. The van der Waals surface area contributed by atoms with Gasteiger partial charge in [-0.1, -0.05) is 6.08 Å². The molecule has 0 rings (SSSR count). The average molecular weight is 188 g/mol. The molecule has 76 valence electrons. The van der Waals surface area contributed by atoms with Crippen LogP contribution in [0.1, 0.15) is 19.8 Å². The van der Waals surface area contributed by atoms with Gasteiger partial charge in [-0.2, -0.15) is 0 Å². The highest BCUT2D eigenvalue weighted by Crippen LogP contribution is 2.02. The van der Waals surface area contributed by atoms with Crippen LogP contribution < -0.4 is 0 Å². The first-order valence-corrected chi connectivity index (χ1v) is 4.17. The number of ether oxygens (including phenoxy) is 1. The number of esters is 1. The highest BCUT2D eigenvalue weighted by atomic mass is 16.5. The average Bonchev–Trinajstić information content (AvgIpc) is 2.02. The van der Waals surface area contributed by atoms with Gasteiger partial charge in [0.1, 0.15) is 0 Å². The maximum Gasteiger partial charge on any atom is 0.330 e. The molecule has 0 radical (unpaired) electrons. The third-order valence-electron chi connectivity index (χ3n) is 1.48.